The first kappa shape index (κ1) is 16.1. The summed E-state index contributed by atoms with van der Waals surface area (Å²) in [6.07, 6.45) is 1.88. The largest absolute Gasteiger partial charge is 0.493 e. The van der Waals surface area contributed by atoms with Gasteiger partial charge in [0.25, 0.3) is 5.91 Å². The Labute approximate surface area is 141 Å². The number of hydrogen-bond donors (Lipinski definition) is 0. The Bertz CT molecular complexity index is 649. The number of thioether (sulfide) groups is 1. The second kappa shape index (κ2) is 7.19. The van der Waals surface area contributed by atoms with Crippen LogP contribution < -0.4 is 4.74 Å². The van der Waals surface area contributed by atoms with E-state index in [0.29, 0.717) is 11.5 Å². The number of amidine groups is 1. The zero-order valence-corrected chi connectivity index (χ0v) is 14.3. The molecule has 0 aliphatic carbocycles. The van der Waals surface area contributed by atoms with Gasteiger partial charge in [-0.05, 0) is 37.9 Å². The number of amides is 1. The van der Waals surface area contributed by atoms with Crippen LogP contribution in [0, 0.1) is 0 Å². The van der Waals surface area contributed by atoms with Crippen LogP contribution in [0.4, 0.5) is 0 Å². The number of carbonyl (C=O) groups is 1. The van der Waals surface area contributed by atoms with Crippen LogP contribution in [0.3, 0.4) is 0 Å². The molecule has 1 saturated heterocycles. The summed E-state index contributed by atoms with van der Waals surface area (Å²) in [4.78, 5) is 21.6. The van der Waals surface area contributed by atoms with Gasteiger partial charge in [-0.25, -0.2) is 0 Å². The second-order valence-electron chi connectivity index (χ2n) is 5.57. The van der Waals surface area contributed by atoms with E-state index < -0.39 is 0 Å². The normalized spacial score (nSPS) is 21.0. The van der Waals surface area contributed by atoms with Gasteiger partial charge in [0.2, 0.25) is 0 Å². The summed E-state index contributed by atoms with van der Waals surface area (Å²) in [6.45, 7) is 6.38. The van der Waals surface area contributed by atoms with Gasteiger partial charge in [-0.2, -0.15) is 4.99 Å². The first-order valence-corrected chi connectivity index (χ1v) is 8.67. The zero-order valence-electron chi connectivity index (χ0n) is 13.5. The van der Waals surface area contributed by atoms with Crippen molar-refractivity contribution in [3.63, 3.8) is 0 Å². The Balaban J connectivity index is 1.75. The molecule has 1 fully saturated rings. The Morgan fingerprint density at radius 2 is 2.00 bits per heavy atom. The van der Waals surface area contributed by atoms with Crippen molar-refractivity contribution in [2.45, 2.75) is 6.92 Å². The Kier molecular flexibility index (Phi) is 5.03. The highest BCUT2D eigenvalue weighted by molar-refractivity contribution is 8.18. The minimum absolute atomic E-state index is 0.157. The predicted octanol–water partition coefficient (Wildman–Crippen LogP) is 2.30. The first-order chi connectivity index (χ1) is 11.2. The molecule has 2 heterocycles. The lowest BCUT2D eigenvalue weighted by atomic mass is 10.2. The van der Waals surface area contributed by atoms with Gasteiger partial charge in [0, 0.05) is 31.7 Å². The van der Waals surface area contributed by atoms with Gasteiger partial charge in [-0.15, -0.1) is 0 Å². The maximum Gasteiger partial charge on any atom is 0.286 e. The fourth-order valence-electron chi connectivity index (χ4n) is 2.56. The van der Waals surface area contributed by atoms with Crippen molar-refractivity contribution in [2.75, 3.05) is 39.8 Å². The van der Waals surface area contributed by atoms with E-state index in [9.17, 15) is 4.79 Å². The van der Waals surface area contributed by atoms with Crippen LogP contribution in [-0.4, -0.2) is 60.7 Å². The van der Waals surface area contributed by atoms with E-state index in [1.54, 1.807) is 0 Å². The van der Waals surface area contributed by atoms with Crippen LogP contribution in [0.15, 0.2) is 34.2 Å². The summed E-state index contributed by atoms with van der Waals surface area (Å²) >= 11 is 1.46. The molecule has 0 atom stereocenters. The highest BCUT2D eigenvalue weighted by atomic mass is 32.2. The molecule has 3 rings (SSSR count). The first-order valence-electron chi connectivity index (χ1n) is 7.85. The van der Waals surface area contributed by atoms with Crippen LogP contribution in [0.25, 0.3) is 6.08 Å². The van der Waals surface area contributed by atoms with Crippen LogP contribution in [0.2, 0.25) is 0 Å². The average molecular weight is 331 g/mol. The molecular formula is C17H21N3O2S. The van der Waals surface area contributed by atoms with E-state index in [2.05, 4.69) is 21.8 Å². The van der Waals surface area contributed by atoms with E-state index in [-0.39, 0.29) is 5.91 Å². The number of carbonyl (C=O) groups excluding carboxylic acids is 1. The molecule has 2 aliphatic heterocycles. The van der Waals surface area contributed by atoms with Gasteiger partial charge < -0.3 is 14.5 Å². The van der Waals surface area contributed by atoms with Gasteiger partial charge in [0.15, 0.2) is 5.17 Å². The summed E-state index contributed by atoms with van der Waals surface area (Å²) in [7, 11) is 2.11. The third-order valence-corrected chi connectivity index (χ3v) is 4.93. The topological polar surface area (TPSA) is 45.1 Å². The molecule has 0 aromatic heterocycles. The number of hydrogen-bond acceptors (Lipinski definition) is 5. The van der Waals surface area contributed by atoms with Crippen molar-refractivity contribution in [3.05, 3.63) is 34.7 Å². The molecular weight excluding hydrogens is 310 g/mol. The summed E-state index contributed by atoms with van der Waals surface area (Å²) < 4.78 is 5.62. The molecule has 1 aromatic rings. The molecule has 0 bridgehead atoms. The van der Waals surface area contributed by atoms with Crippen molar-refractivity contribution in [1.82, 2.24) is 9.80 Å². The summed E-state index contributed by atoms with van der Waals surface area (Å²) in [5.74, 6) is 0.638. The smallest absolute Gasteiger partial charge is 0.286 e. The van der Waals surface area contributed by atoms with E-state index in [1.807, 2.05) is 37.3 Å². The minimum Gasteiger partial charge on any atom is -0.493 e. The number of ether oxygens (including phenoxy) is 1. The standard InChI is InChI=1S/C17H21N3O2S/c1-3-22-14-7-5-4-6-13(14)12-15-16(21)18-17(23-15)20-10-8-19(2)9-11-20/h4-7,12H,3,8-11H2,1-2H3/b15-12+. The molecule has 2 aliphatic rings. The highest BCUT2D eigenvalue weighted by Gasteiger charge is 2.27. The molecule has 0 radical (unpaired) electrons. The van der Waals surface area contributed by atoms with Crippen molar-refractivity contribution < 1.29 is 9.53 Å². The summed E-state index contributed by atoms with van der Waals surface area (Å²) in [5.41, 5.74) is 0.917. The molecule has 0 spiro atoms. The quantitative estimate of drug-likeness (QED) is 0.795. The van der Waals surface area contributed by atoms with Crippen LogP contribution in [0.5, 0.6) is 5.75 Å². The Hall–Kier alpha value is -1.79. The molecule has 1 amide bonds. The molecule has 0 saturated carbocycles. The van der Waals surface area contributed by atoms with Gasteiger partial charge in [-0.3, -0.25) is 4.79 Å². The predicted molar refractivity (Wildman–Crippen MR) is 94.7 cm³/mol. The monoisotopic (exact) mass is 331 g/mol. The fraction of sp³-hybridized carbons (Fsp3) is 0.412. The van der Waals surface area contributed by atoms with E-state index in [0.717, 1.165) is 42.7 Å². The van der Waals surface area contributed by atoms with Crippen molar-refractivity contribution in [2.24, 2.45) is 4.99 Å². The lowest BCUT2D eigenvalue weighted by Gasteiger charge is -2.32. The Morgan fingerprint density at radius 1 is 1.26 bits per heavy atom. The number of benzene rings is 1. The van der Waals surface area contributed by atoms with Crippen LogP contribution >= 0.6 is 11.8 Å². The fourth-order valence-corrected chi connectivity index (χ4v) is 3.51. The van der Waals surface area contributed by atoms with Crippen LogP contribution in [0.1, 0.15) is 12.5 Å². The number of aliphatic imine (C=N–C) groups is 1. The number of nitrogens with zero attached hydrogens (tertiary/aromatic N) is 3. The van der Waals surface area contributed by atoms with Gasteiger partial charge in [0.1, 0.15) is 5.75 Å². The van der Waals surface area contributed by atoms with E-state index in [1.165, 1.54) is 11.8 Å². The lowest BCUT2D eigenvalue weighted by Crippen LogP contribution is -2.46. The van der Waals surface area contributed by atoms with Gasteiger partial charge in [0.05, 0.1) is 11.5 Å². The van der Waals surface area contributed by atoms with Crippen molar-refractivity contribution >= 4 is 28.9 Å². The number of para-hydroxylation sites is 1. The van der Waals surface area contributed by atoms with E-state index in [4.69, 9.17) is 4.74 Å². The second-order valence-corrected chi connectivity index (χ2v) is 6.58. The molecule has 6 heteroatoms. The van der Waals surface area contributed by atoms with E-state index >= 15 is 0 Å². The average Bonchev–Trinajstić information content (AvgIpc) is 2.91. The maximum absolute atomic E-state index is 12.2. The molecule has 122 valence electrons. The number of likely N-dealkylation sites (N-methyl/N-ethyl adjacent to an activating group) is 1. The van der Waals surface area contributed by atoms with Crippen LogP contribution in [-0.2, 0) is 4.79 Å². The zero-order chi connectivity index (χ0) is 16.2. The van der Waals surface area contributed by atoms with Gasteiger partial charge >= 0.3 is 0 Å². The number of rotatable bonds is 3. The molecule has 1 aromatic carbocycles. The van der Waals surface area contributed by atoms with Gasteiger partial charge in [-0.1, -0.05) is 18.2 Å². The third-order valence-electron chi connectivity index (χ3n) is 3.89. The third kappa shape index (κ3) is 3.76. The molecule has 0 unspecified atom stereocenters. The highest BCUT2D eigenvalue weighted by Crippen LogP contribution is 2.32. The molecule has 23 heavy (non-hydrogen) atoms. The maximum atomic E-state index is 12.2. The molecule has 0 N–H and O–H groups in total. The summed E-state index contributed by atoms with van der Waals surface area (Å²) in [5, 5.41) is 0.822. The van der Waals surface area contributed by atoms with Crippen molar-refractivity contribution in [3.8, 4) is 5.75 Å². The summed E-state index contributed by atoms with van der Waals surface area (Å²) in [6, 6.07) is 7.76. The molecule has 5 nitrogen and oxygen atoms in total. The minimum atomic E-state index is -0.157. The number of piperazine rings is 1. The Morgan fingerprint density at radius 3 is 2.74 bits per heavy atom. The SMILES string of the molecule is CCOc1ccccc1/C=C1/SC(N2CCN(C)CC2)=NC1=O. The van der Waals surface area contributed by atoms with Crippen molar-refractivity contribution in [1.29, 1.82) is 0 Å². The lowest BCUT2D eigenvalue weighted by molar-refractivity contribution is -0.113.